The van der Waals surface area contributed by atoms with Crippen LogP contribution >= 0.6 is 27.3 Å². The Hall–Kier alpha value is -3.19. The molecule has 3 N–H and O–H groups in total. The molecule has 4 rings (SSSR count). The Morgan fingerprint density at radius 3 is 2.40 bits per heavy atom. The SMILES string of the molecule is Cc1nn(C(C)C(=O)Nc2c(C(N)=O)sc3nc(C(F)F)cc(-c4cnn(C)c4C)c23)c(C)c1Br. The molecule has 0 fully saturated rings. The lowest BCUT2D eigenvalue weighted by Crippen LogP contribution is -2.26. The van der Waals surface area contributed by atoms with E-state index in [9.17, 15) is 18.4 Å². The van der Waals surface area contributed by atoms with Crippen LogP contribution in [0.4, 0.5) is 14.5 Å². The number of alkyl halides is 2. The molecule has 0 bridgehead atoms. The highest BCUT2D eigenvalue weighted by Gasteiger charge is 2.28. The summed E-state index contributed by atoms with van der Waals surface area (Å²) in [5, 5.41) is 11.8. The Balaban J connectivity index is 1.92. The number of amides is 2. The molecular formula is C22H22BrF2N7O2S. The van der Waals surface area contributed by atoms with Crippen LogP contribution < -0.4 is 11.1 Å². The van der Waals surface area contributed by atoms with Crippen LogP contribution in [0.25, 0.3) is 21.3 Å². The third-order valence-corrected chi connectivity index (χ3v) is 8.13. The molecule has 35 heavy (non-hydrogen) atoms. The zero-order valence-electron chi connectivity index (χ0n) is 19.5. The van der Waals surface area contributed by atoms with Gasteiger partial charge in [-0.05, 0) is 55.3 Å². The molecule has 9 nitrogen and oxygen atoms in total. The molecule has 1 unspecified atom stereocenters. The molecule has 0 saturated heterocycles. The number of rotatable bonds is 6. The number of halogens is 3. The van der Waals surface area contributed by atoms with Gasteiger partial charge in [0.2, 0.25) is 5.91 Å². The lowest BCUT2D eigenvalue weighted by Gasteiger charge is -2.16. The molecule has 0 aliphatic rings. The van der Waals surface area contributed by atoms with Crippen molar-refractivity contribution < 1.29 is 18.4 Å². The van der Waals surface area contributed by atoms with E-state index in [1.807, 2.05) is 13.8 Å². The second kappa shape index (κ2) is 9.11. The zero-order valence-corrected chi connectivity index (χ0v) is 21.9. The number of aryl methyl sites for hydroxylation is 2. The fourth-order valence-corrected chi connectivity index (χ4v) is 5.13. The number of nitrogens with one attached hydrogen (secondary N) is 1. The number of thiophene rings is 1. The number of nitrogens with zero attached hydrogens (tertiary/aromatic N) is 5. The first-order valence-electron chi connectivity index (χ1n) is 10.5. The van der Waals surface area contributed by atoms with Crippen LogP contribution in [0.15, 0.2) is 16.7 Å². The third kappa shape index (κ3) is 4.22. The summed E-state index contributed by atoms with van der Waals surface area (Å²) in [6.07, 6.45) is -1.29. The van der Waals surface area contributed by atoms with Crippen molar-refractivity contribution in [2.75, 3.05) is 5.32 Å². The Morgan fingerprint density at radius 2 is 1.89 bits per heavy atom. The number of carbonyl (C=O) groups is 2. The summed E-state index contributed by atoms with van der Waals surface area (Å²) in [6, 6.07) is 0.513. The van der Waals surface area contributed by atoms with E-state index >= 15 is 0 Å². The largest absolute Gasteiger partial charge is 0.365 e. The first-order valence-corrected chi connectivity index (χ1v) is 12.1. The molecule has 1 atom stereocenters. The number of fused-ring (bicyclic) bond motifs is 1. The van der Waals surface area contributed by atoms with Gasteiger partial charge < -0.3 is 11.1 Å². The van der Waals surface area contributed by atoms with Gasteiger partial charge in [0.05, 0.1) is 27.7 Å². The van der Waals surface area contributed by atoms with E-state index in [-0.39, 0.29) is 15.4 Å². The number of hydrogen-bond acceptors (Lipinski definition) is 6. The lowest BCUT2D eigenvalue weighted by molar-refractivity contribution is -0.119. The summed E-state index contributed by atoms with van der Waals surface area (Å²) in [5.74, 6) is -1.27. The topological polar surface area (TPSA) is 121 Å². The Bertz CT molecular complexity index is 1490. The molecule has 0 radical (unpaired) electrons. The van der Waals surface area contributed by atoms with Crippen molar-refractivity contribution in [1.29, 1.82) is 0 Å². The number of nitrogens with two attached hydrogens (primary N) is 1. The molecule has 0 aliphatic heterocycles. The smallest absolute Gasteiger partial charge is 0.280 e. The highest BCUT2D eigenvalue weighted by molar-refractivity contribution is 9.10. The van der Waals surface area contributed by atoms with Crippen LogP contribution in [-0.2, 0) is 11.8 Å². The van der Waals surface area contributed by atoms with Crippen LogP contribution in [-0.4, -0.2) is 36.4 Å². The van der Waals surface area contributed by atoms with Crippen molar-refractivity contribution in [3.05, 3.63) is 44.4 Å². The van der Waals surface area contributed by atoms with Gasteiger partial charge >= 0.3 is 0 Å². The van der Waals surface area contributed by atoms with Crippen LogP contribution in [0, 0.1) is 20.8 Å². The number of primary amides is 1. The highest BCUT2D eigenvalue weighted by Crippen LogP contribution is 2.43. The van der Waals surface area contributed by atoms with Gasteiger partial charge in [0, 0.05) is 23.7 Å². The normalized spacial score (nSPS) is 12.5. The predicted octanol–water partition coefficient (Wildman–Crippen LogP) is 4.82. The van der Waals surface area contributed by atoms with Crippen molar-refractivity contribution in [3.8, 4) is 11.1 Å². The van der Waals surface area contributed by atoms with Crippen molar-refractivity contribution in [1.82, 2.24) is 24.5 Å². The summed E-state index contributed by atoms with van der Waals surface area (Å²) in [4.78, 5) is 29.9. The average molecular weight is 566 g/mol. The monoisotopic (exact) mass is 565 g/mol. The van der Waals surface area contributed by atoms with Crippen molar-refractivity contribution >= 4 is 55.0 Å². The number of hydrogen-bond donors (Lipinski definition) is 2. The second-order valence-electron chi connectivity index (χ2n) is 8.11. The Morgan fingerprint density at radius 1 is 1.20 bits per heavy atom. The Labute approximate surface area is 211 Å². The zero-order chi connectivity index (χ0) is 25.8. The minimum Gasteiger partial charge on any atom is -0.365 e. The summed E-state index contributed by atoms with van der Waals surface area (Å²) >= 11 is 4.31. The Kier molecular flexibility index (Phi) is 6.49. The summed E-state index contributed by atoms with van der Waals surface area (Å²) in [7, 11) is 1.73. The number of anilines is 1. The van der Waals surface area contributed by atoms with E-state index in [1.54, 1.807) is 36.5 Å². The molecule has 4 aromatic heterocycles. The highest BCUT2D eigenvalue weighted by atomic mass is 79.9. The molecule has 0 aromatic carbocycles. The molecule has 184 valence electrons. The average Bonchev–Trinajstić information content (AvgIpc) is 3.42. The maximum atomic E-state index is 13.7. The van der Waals surface area contributed by atoms with Crippen molar-refractivity contribution in [3.63, 3.8) is 0 Å². The van der Waals surface area contributed by atoms with Gasteiger partial charge in [-0.25, -0.2) is 13.8 Å². The summed E-state index contributed by atoms with van der Waals surface area (Å²) in [5.41, 5.74) is 8.42. The van der Waals surface area contributed by atoms with E-state index in [2.05, 4.69) is 36.4 Å². The van der Waals surface area contributed by atoms with Gasteiger partial charge in [-0.15, -0.1) is 11.3 Å². The summed E-state index contributed by atoms with van der Waals surface area (Å²) < 4.78 is 31.3. The van der Waals surface area contributed by atoms with Crippen LogP contribution in [0.5, 0.6) is 0 Å². The number of carbonyl (C=O) groups excluding carboxylic acids is 2. The molecule has 2 amide bonds. The fourth-order valence-electron chi connectivity index (χ4n) is 3.86. The molecule has 0 aliphatic carbocycles. The van der Waals surface area contributed by atoms with Gasteiger partial charge in [-0.3, -0.25) is 19.0 Å². The van der Waals surface area contributed by atoms with Gasteiger partial charge in [0.15, 0.2) is 0 Å². The lowest BCUT2D eigenvalue weighted by atomic mass is 10.0. The first kappa shape index (κ1) is 24.9. The van der Waals surface area contributed by atoms with E-state index in [0.29, 0.717) is 22.2 Å². The molecule has 0 saturated carbocycles. The van der Waals surface area contributed by atoms with Crippen LogP contribution in [0.1, 0.15) is 51.8 Å². The van der Waals surface area contributed by atoms with Gasteiger partial charge in [0.1, 0.15) is 21.4 Å². The standard InChI is InChI=1S/C22H22BrF2N7O2S/c1-8-16(23)10(3)32(30-8)11(4)21(34)29-17-15-12(13-7-27-31(5)9(13)2)6-14(19(24)25)28-22(15)35-18(17)20(26)33/h6-7,11,19H,1-5H3,(H2,26,33)(H,29,34). The molecule has 4 heterocycles. The van der Waals surface area contributed by atoms with Gasteiger partial charge in [0.25, 0.3) is 12.3 Å². The quantitative estimate of drug-likeness (QED) is 0.347. The van der Waals surface area contributed by atoms with Gasteiger partial charge in [-0.1, -0.05) is 0 Å². The number of aromatic nitrogens is 5. The number of pyridine rings is 1. The summed E-state index contributed by atoms with van der Waals surface area (Å²) in [6.45, 7) is 7.09. The van der Waals surface area contributed by atoms with E-state index < -0.39 is 30.0 Å². The maximum Gasteiger partial charge on any atom is 0.280 e. The van der Waals surface area contributed by atoms with E-state index in [4.69, 9.17) is 5.73 Å². The minimum absolute atomic E-state index is 0.0109. The van der Waals surface area contributed by atoms with Crippen LogP contribution in [0.2, 0.25) is 0 Å². The van der Waals surface area contributed by atoms with E-state index in [1.165, 1.54) is 6.07 Å². The molecule has 13 heteroatoms. The second-order valence-corrected chi connectivity index (χ2v) is 9.90. The first-order chi connectivity index (χ1) is 16.4. The third-order valence-electron chi connectivity index (χ3n) is 5.89. The fraction of sp³-hybridized carbons (Fsp3) is 0.318. The molecule has 4 aromatic rings. The van der Waals surface area contributed by atoms with E-state index in [0.717, 1.165) is 27.2 Å². The van der Waals surface area contributed by atoms with Gasteiger partial charge in [-0.2, -0.15) is 10.2 Å². The molecular weight excluding hydrogens is 544 g/mol. The van der Waals surface area contributed by atoms with Crippen molar-refractivity contribution in [2.45, 2.75) is 40.2 Å². The maximum absolute atomic E-state index is 13.7. The van der Waals surface area contributed by atoms with Crippen LogP contribution in [0.3, 0.4) is 0 Å². The minimum atomic E-state index is -2.84. The predicted molar refractivity (Wildman–Crippen MR) is 133 cm³/mol. The van der Waals surface area contributed by atoms with Crippen molar-refractivity contribution in [2.24, 2.45) is 12.8 Å². The molecule has 0 spiro atoms.